The summed E-state index contributed by atoms with van der Waals surface area (Å²) < 4.78 is 5.08. The highest BCUT2D eigenvalue weighted by atomic mass is 35.5. The van der Waals surface area contributed by atoms with Gasteiger partial charge in [0.1, 0.15) is 0 Å². The number of halogens is 3. The molecule has 2 aromatic carbocycles. The van der Waals surface area contributed by atoms with E-state index in [0.29, 0.717) is 21.4 Å². The second-order valence-corrected chi connectivity index (χ2v) is 7.82. The number of hydrogen-bond acceptors (Lipinski definition) is 4. The minimum atomic E-state index is -0.659. The zero-order valence-corrected chi connectivity index (χ0v) is 17.6. The number of benzene rings is 2. The number of anilines is 2. The molecule has 3 rings (SSSR count). The van der Waals surface area contributed by atoms with Crippen LogP contribution in [0.2, 0.25) is 15.1 Å². The molecule has 152 valence electrons. The first-order valence-corrected chi connectivity index (χ1v) is 9.86. The smallest absolute Gasteiger partial charge is 0.311 e. The van der Waals surface area contributed by atoms with E-state index in [2.05, 4.69) is 5.32 Å². The van der Waals surface area contributed by atoms with E-state index in [1.165, 1.54) is 11.0 Å². The van der Waals surface area contributed by atoms with E-state index < -0.39 is 24.4 Å². The number of ether oxygens (including phenoxy) is 1. The summed E-state index contributed by atoms with van der Waals surface area (Å²) in [6.45, 7) is 1.49. The van der Waals surface area contributed by atoms with Crippen molar-refractivity contribution in [1.29, 1.82) is 0 Å². The molecule has 1 fully saturated rings. The zero-order valence-electron chi connectivity index (χ0n) is 15.4. The van der Waals surface area contributed by atoms with Gasteiger partial charge in [-0.1, -0.05) is 40.9 Å². The van der Waals surface area contributed by atoms with Gasteiger partial charge in [0.25, 0.3) is 5.91 Å². The lowest BCUT2D eigenvalue weighted by Gasteiger charge is -2.19. The van der Waals surface area contributed by atoms with Gasteiger partial charge in [-0.15, -0.1) is 0 Å². The van der Waals surface area contributed by atoms with Crippen LogP contribution in [0.3, 0.4) is 0 Å². The van der Waals surface area contributed by atoms with E-state index in [9.17, 15) is 14.4 Å². The number of carbonyl (C=O) groups excluding carboxylic acids is 3. The van der Waals surface area contributed by atoms with Gasteiger partial charge in [-0.2, -0.15) is 0 Å². The lowest BCUT2D eigenvalue weighted by Crippen LogP contribution is -2.28. The number of carbonyl (C=O) groups is 3. The molecule has 1 aliphatic rings. The Labute approximate surface area is 182 Å². The minimum Gasteiger partial charge on any atom is -0.455 e. The Balaban J connectivity index is 1.56. The molecular formula is C20H17Cl3N2O4. The van der Waals surface area contributed by atoms with Crippen molar-refractivity contribution in [2.24, 2.45) is 5.92 Å². The molecule has 0 unspecified atom stereocenters. The van der Waals surface area contributed by atoms with Crippen LogP contribution in [0, 0.1) is 12.8 Å². The normalized spacial score (nSPS) is 16.1. The predicted molar refractivity (Wildman–Crippen MR) is 113 cm³/mol. The molecule has 1 saturated heterocycles. The SMILES string of the molecule is Cc1c(Cl)cccc1N1C[C@H](C(=O)OCC(=O)Nc2ccc(Cl)cc2Cl)CC1=O. The fourth-order valence-corrected chi connectivity index (χ4v) is 3.64. The van der Waals surface area contributed by atoms with Gasteiger partial charge in [-0.3, -0.25) is 14.4 Å². The fraction of sp³-hybridized carbons (Fsp3) is 0.250. The maximum absolute atomic E-state index is 12.4. The van der Waals surface area contributed by atoms with Crippen LogP contribution in [0.25, 0.3) is 0 Å². The highest BCUT2D eigenvalue weighted by Crippen LogP contribution is 2.32. The highest BCUT2D eigenvalue weighted by Gasteiger charge is 2.37. The maximum atomic E-state index is 12.4. The van der Waals surface area contributed by atoms with Gasteiger partial charge in [0.2, 0.25) is 5.91 Å². The Morgan fingerprint density at radius 1 is 1.17 bits per heavy atom. The number of amides is 2. The molecule has 29 heavy (non-hydrogen) atoms. The molecule has 0 radical (unpaired) electrons. The molecule has 1 atom stereocenters. The standard InChI is InChI=1S/C20H17Cl3N2O4/c1-11-14(22)3-2-4-17(11)25-9-12(7-19(25)27)20(28)29-10-18(26)24-16-6-5-13(21)8-15(16)23/h2-6,8,12H,7,9-10H2,1H3,(H,24,26)/t12-/m1/s1. The summed E-state index contributed by atoms with van der Waals surface area (Å²) in [5.74, 6) is -2.02. The van der Waals surface area contributed by atoms with E-state index >= 15 is 0 Å². The molecular weight excluding hydrogens is 439 g/mol. The lowest BCUT2D eigenvalue weighted by atomic mass is 10.1. The summed E-state index contributed by atoms with van der Waals surface area (Å²) >= 11 is 17.9. The summed E-state index contributed by atoms with van der Waals surface area (Å²) in [4.78, 5) is 38.2. The van der Waals surface area contributed by atoms with Gasteiger partial charge < -0.3 is 15.0 Å². The van der Waals surface area contributed by atoms with E-state index in [1.807, 2.05) is 6.92 Å². The van der Waals surface area contributed by atoms with Crippen LogP contribution < -0.4 is 10.2 Å². The molecule has 6 nitrogen and oxygen atoms in total. The average molecular weight is 456 g/mol. The Morgan fingerprint density at radius 3 is 2.66 bits per heavy atom. The Morgan fingerprint density at radius 2 is 1.93 bits per heavy atom. The summed E-state index contributed by atoms with van der Waals surface area (Å²) in [5.41, 5.74) is 1.78. The fourth-order valence-electron chi connectivity index (χ4n) is 3.02. The summed E-state index contributed by atoms with van der Waals surface area (Å²) in [6.07, 6.45) is 0.00934. The molecule has 0 aliphatic carbocycles. The number of nitrogens with zero attached hydrogens (tertiary/aromatic N) is 1. The summed E-state index contributed by atoms with van der Waals surface area (Å²) in [7, 11) is 0. The molecule has 2 aromatic rings. The molecule has 0 spiro atoms. The highest BCUT2D eigenvalue weighted by molar-refractivity contribution is 6.36. The Kier molecular flexibility index (Phi) is 6.67. The first-order chi connectivity index (χ1) is 13.8. The third kappa shape index (κ3) is 5.01. The van der Waals surface area contributed by atoms with Crippen LogP contribution in [0.1, 0.15) is 12.0 Å². The molecule has 9 heteroatoms. The summed E-state index contributed by atoms with van der Waals surface area (Å²) in [5, 5.41) is 3.79. The third-order valence-electron chi connectivity index (χ3n) is 4.54. The monoisotopic (exact) mass is 454 g/mol. The van der Waals surface area contributed by atoms with Crippen molar-refractivity contribution in [3.8, 4) is 0 Å². The van der Waals surface area contributed by atoms with Gasteiger partial charge >= 0.3 is 5.97 Å². The Bertz CT molecular complexity index is 980. The van der Waals surface area contributed by atoms with Gasteiger partial charge in [-0.25, -0.2) is 0 Å². The van der Waals surface area contributed by atoms with Crippen LogP contribution in [-0.2, 0) is 19.1 Å². The topological polar surface area (TPSA) is 75.7 Å². The van der Waals surface area contributed by atoms with Gasteiger partial charge in [0.15, 0.2) is 6.61 Å². The van der Waals surface area contributed by atoms with Crippen LogP contribution in [-0.4, -0.2) is 30.9 Å². The van der Waals surface area contributed by atoms with Crippen molar-refractivity contribution in [3.63, 3.8) is 0 Å². The third-order valence-corrected chi connectivity index (χ3v) is 5.50. The van der Waals surface area contributed by atoms with Crippen molar-refractivity contribution in [1.82, 2.24) is 0 Å². The van der Waals surface area contributed by atoms with Crippen LogP contribution in [0.5, 0.6) is 0 Å². The van der Waals surface area contributed by atoms with Gasteiger partial charge in [0.05, 0.1) is 16.6 Å². The van der Waals surface area contributed by atoms with Crippen molar-refractivity contribution in [3.05, 3.63) is 57.0 Å². The van der Waals surface area contributed by atoms with E-state index in [4.69, 9.17) is 39.5 Å². The Hall–Kier alpha value is -2.28. The largest absolute Gasteiger partial charge is 0.455 e. The number of rotatable bonds is 5. The zero-order chi connectivity index (χ0) is 21.1. The van der Waals surface area contributed by atoms with Crippen LogP contribution in [0.4, 0.5) is 11.4 Å². The van der Waals surface area contributed by atoms with E-state index in [0.717, 1.165) is 5.56 Å². The van der Waals surface area contributed by atoms with E-state index in [-0.39, 0.29) is 23.9 Å². The summed E-state index contributed by atoms with van der Waals surface area (Å²) in [6, 6.07) is 9.86. The number of hydrogen-bond donors (Lipinski definition) is 1. The lowest BCUT2D eigenvalue weighted by molar-refractivity contribution is -0.151. The van der Waals surface area contributed by atoms with Crippen molar-refractivity contribution < 1.29 is 19.1 Å². The second kappa shape index (κ2) is 9.03. The molecule has 2 amide bonds. The first-order valence-electron chi connectivity index (χ1n) is 8.73. The van der Waals surface area contributed by atoms with Crippen molar-refractivity contribution in [2.45, 2.75) is 13.3 Å². The molecule has 1 aliphatic heterocycles. The maximum Gasteiger partial charge on any atom is 0.311 e. The van der Waals surface area contributed by atoms with Gasteiger partial charge in [-0.05, 0) is 42.8 Å². The van der Waals surface area contributed by atoms with Crippen LogP contribution in [0.15, 0.2) is 36.4 Å². The van der Waals surface area contributed by atoms with E-state index in [1.54, 1.807) is 30.3 Å². The first kappa shape index (κ1) is 21.4. The molecule has 0 bridgehead atoms. The quantitative estimate of drug-likeness (QED) is 0.674. The molecule has 1 heterocycles. The minimum absolute atomic E-state index is 0.00934. The number of esters is 1. The van der Waals surface area contributed by atoms with Crippen molar-refractivity contribution >= 4 is 64.0 Å². The predicted octanol–water partition coefficient (Wildman–Crippen LogP) is 4.49. The average Bonchev–Trinajstić information content (AvgIpc) is 3.06. The number of nitrogens with one attached hydrogen (secondary N) is 1. The molecule has 0 saturated carbocycles. The van der Waals surface area contributed by atoms with Crippen molar-refractivity contribution in [2.75, 3.05) is 23.4 Å². The molecule has 1 N–H and O–H groups in total. The van der Waals surface area contributed by atoms with Gasteiger partial charge in [0, 0.05) is 28.7 Å². The second-order valence-electron chi connectivity index (χ2n) is 6.57. The molecule has 0 aromatic heterocycles. The van der Waals surface area contributed by atoms with Crippen LogP contribution >= 0.6 is 34.8 Å².